The molecule has 0 radical (unpaired) electrons. The van der Waals surface area contributed by atoms with Crippen molar-refractivity contribution >= 4 is 11.9 Å². The van der Waals surface area contributed by atoms with E-state index in [4.69, 9.17) is 15.6 Å². The van der Waals surface area contributed by atoms with Gasteiger partial charge in [-0.15, -0.1) is 0 Å². The van der Waals surface area contributed by atoms with Gasteiger partial charge in [0, 0.05) is 12.8 Å². The topological polar surface area (TPSA) is 89.6 Å². The van der Waals surface area contributed by atoms with Crippen LogP contribution in [-0.4, -0.2) is 29.7 Å². The molecule has 0 aliphatic heterocycles. The van der Waals surface area contributed by atoms with Gasteiger partial charge < -0.3 is 15.6 Å². The van der Waals surface area contributed by atoms with Crippen molar-refractivity contribution < 1.29 is 19.4 Å². The molecule has 0 fully saturated rings. The van der Waals surface area contributed by atoms with Crippen LogP contribution >= 0.6 is 0 Å². The monoisotopic (exact) mass is 295 g/mol. The molecule has 0 aromatic rings. The van der Waals surface area contributed by atoms with Gasteiger partial charge in [0.1, 0.15) is 6.04 Å². The molecule has 0 amide bonds. The van der Waals surface area contributed by atoms with E-state index >= 15 is 0 Å². The summed E-state index contributed by atoms with van der Waals surface area (Å²) in [6, 6.07) is -0.798. The third-order valence-electron chi connectivity index (χ3n) is 3.67. The van der Waals surface area contributed by atoms with Crippen molar-refractivity contribution in [1.29, 1.82) is 0 Å². The molecule has 118 valence electrons. The van der Waals surface area contributed by atoms with Crippen molar-refractivity contribution in [2.24, 2.45) is 5.73 Å². The first-order valence-corrected chi connectivity index (χ1v) is 7.50. The summed E-state index contributed by atoms with van der Waals surface area (Å²) in [5, 5.41) is 8.63. The van der Waals surface area contributed by atoms with E-state index in [9.17, 15) is 9.59 Å². The van der Waals surface area contributed by atoms with Gasteiger partial charge in [-0.2, -0.15) is 0 Å². The van der Waals surface area contributed by atoms with Crippen LogP contribution in [0.2, 0.25) is 0 Å². The lowest BCUT2D eigenvalue weighted by molar-refractivity contribution is -0.143. The number of allylic oxidation sites excluding steroid dienone is 3. The van der Waals surface area contributed by atoms with Crippen LogP contribution < -0.4 is 5.73 Å². The Morgan fingerprint density at radius 3 is 2.76 bits per heavy atom. The van der Waals surface area contributed by atoms with E-state index in [1.807, 2.05) is 0 Å². The number of aliphatic carboxylic acids is 1. The van der Waals surface area contributed by atoms with Gasteiger partial charge in [-0.3, -0.25) is 9.59 Å². The standard InChI is InChI=1S/C16H25NO4/c1-12-6-5-7-13(12)10-11-21-15(18)9-4-2-3-8-14(17)16(19)20/h5-6,14H,2-4,7-11,17H2,1H3,(H,19,20)/t14-/m0/s1. The van der Waals surface area contributed by atoms with E-state index in [-0.39, 0.29) is 5.97 Å². The zero-order chi connectivity index (χ0) is 15.7. The van der Waals surface area contributed by atoms with Crippen LogP contribution in [0.1, 0.15) is 51.9 Å². The number of carbonyl (C=O) groups is 2. The third-order valence-corrected chi connectivity index (χ3v) is 3.67. The number of nitrogens with two attached hydrogens (primary N) is 1. The maximum atomic E-state index is 11.5. The highest BCUT2D eigenvalue weighted by atomic mass is 16.5. The second-order valence-electron chi connectivity index (χ2n) is 5.41. The van der Waals surface area contributed by atoms with Crippen molar-refractivity contribution in [2.75, 3.05) is 6.61 Å². The Morgan fingerprint density at radius 2 is 2.14 bits per heavy atom. The number of carbonyl (C=O) groups excluding carboxylic acids is 1. The minimum atomic E-state index is -0.972. The molecule has 1 atom stereocenters. The Kier molecular flexibility index (Phi) is 7.75. The quantitative estimate of drug-likeness (QED) is 0.477. The number of rotatable bonds is 10. The lowest BCUT2D eigenvalue weighted by atomic mass is 10.1. The maximum Gasteiger partial charge on any atom is 0.320 e. The minimum absolute atomic E-state index is 0.179. The predicted octanol–water partition coefficient (Wildman–Crippen LogP) is 2.56. The number of hydrogen-bond donors (Lipinski definition) is 2. The Morgan fingerprint density at radius 1 is 1.38 bits per heavy atom. The average Bonchev–Trinajstić information content (AvgIpc) is 2.83. The highest BCUT2D eigenvalue weighted by molar-refractivity contribution is 5.72. The molecule has 0 saturated heterocycles. The first-order chi connectivity index (χ1) is 10.0. The van der Waals surface area contributed by atoms with E-state index in [0.717, 1.165) is 25.7 Å². The zero-order valence-corrected chi connectivity index (χ0v) is 12.6. The molecule has 0 spiro atoms. The first-order valence-electron chi connectivity index (χ1n) is 7.50. The second kappa shape index (κ2) is 9.34. The van der Waals surface area contributed by atoms with E-state index in [0.29, 0.717) is 25.9 Å². The summed E-state index contributed by atoms with van der Waals surface area (Å²) in [7, 11) is 0. The lowest BCUT2D eigenvalue weighted by Gasteiger charge is -2.07. The maximum absolute atomic E-state index is 11.5. The van der Waals surface area contributed by atoms with E-state index < -0.39 is 12.0 Å². The van der Waals surface area contributed by atoms with Crippen LogP contribution in [0.3, 0.4) is 0 Å². The molecule has 5 nitrogen and oxygen atoms in total. The number of esters is 1. The molecule has 0 aromatic carbocycles. The minimum Gasteiger partial charge on any atom is -0.480 e. The highest BCUT2D eigenvalue weighted by Gasteiger charge is 2.11. The van der Waals surface area contributed by atoms with Crippen molar-refractivity contribution in [3.05, 3.63) is 23.3 Å². The molecular weight excluding hydrogens is 270 g/mol. The van der Waals surface area contributed by atoms with Crippen LogP contribution in [0.5, 0.6) is 0 Å². The summed E-state index contributed by atoms with van der Waals surface area (Å²) >= 11 is 0. The number of hydrogen-bond acceptors (Lipinski definition) is 4. The van der Waals surface area contributed by atoms with Crippen molar-refractivity contribution in [1.82, 2.24) is 0 Å². The molecule has 1 aliphatic carbocycles. The number of carboxylic acids is 1. The molecule has 5 heteroatoms. The van der Waals surface area contributed by atoms with Gasteiger partial charge in [-0.05, 0) is 26.2 Å². The summed E-state index contributed by atoms with van der Waals surface area (Å²) in [6.07, 6.45) is 9.05. The molecule has 0 heterocycles. The molecule has 21 heavy (non-hydrogen) atoms. The van der Waals surface area contributed by atoms with Crippen LogP contribution in [-0.2, 0) is 14.3 Å². The first kappa shape index (κ1) is 17.4. The largest absolute Gasteiger partial charge is 0.480 e. The zero-order valence-electron chi connectivity index (χ0n) is 12.6. The van der Waals surface area contributed by atoms with Crippen LogP contribution in [0, 0.1) is 0 Å². The van der Waals surface area contributed by atoms with Crippen LogP contribution in [0.15, 0.2) is 23.3 Å². The summed E-state index contributed by atoms with van der Waals surface area (Å²) in [5.74, 6) is -1.15. The Hall–Kier alpha value is -1.62. The smallest absolute Gasteiger partial charge is 0.320 e. The van der Waals surface area contributed by atoms with Crippen molar-refractivity contribution in [2.45, 2.75) is 57.9 Å². The Balaban J connectivity index is 1.99. The van der Waals surface area contributed by atoms with E-state index in [2.05, 4.69) is 19.1 Å². The molecular formula is C16H25NO4. The lowest BCUT2D eigenvalue weighted by Crippen LogP contribution is -2.29. The van der Waals surface area contributed by atoms with E-state index in [1.165, 1.54) is 11.1 Å². The van der Waals surface area contributed by atoms with Gasteiger partial charge in [0.25, 0.3) is 0 Å². The molecule has 0 unspecified atom stereocenters. The van der Waals surface area contributed by atoms with Gasteiger partial charge in [-0.1, -0.05) is 36.1 Å². The van der Waals surface area contributed by atoms with Crippen LogP contribution in [0.4, 0.5) is 0 Å². The fourth-order valence-electron chi connectivity index (χ4n) is 2.25. The van der Waals surface area contributed by atoms with Gasteiger partial charge in [-0.25, -0.2) is 0 Å². The summed E-state index contributed by atoms with van der Waals surface area (Å²) in [5.41, 5.74) is 8.01. The van der Waals surface area contributed by atoms with Crippen molar-refractivity contribution in [3.8, 4) is 0 Å². The summed E-state index contributed by atoms with van der Waals surface area (Å²) < 4.78 is 5.20. The molecule has 0 saturated carbocycles. The second-order valence-corrected chi connectivity index (χ2v) is 5.41. The predicted molar refractivity (Wildman–Crippen MR) is 80.7 cm³/mol. The fourth-order valence-corrected chi connectivity index (χ4v) is 2.25. The SMILES string of the molecule is CC1=C(CCOC(=O)CCCCC[C@H](N)C(=O)O)CC=C1. The highest BCUT2D eigenvalue weighted by Crippen LogP contribution is 2.21. The van der Waals surface area contributed by atoms with Gasteiger partial charge in [0.15, 0.2) is 0 Å². The Bertz CT molecular complexity index is 426. The van der Waals surface area contributed by atoms with Gasteiger partial charge in [0.05, 0.1) is 6.61 Å². The van der Waals surface area contributed by atoms with Gasteiger partial charge in [0.2, 0.25) is 0 Å². The number of unbranched alkanes of at least 4 members (excludes halogenated alkanes) is 2. The summed E-state index contributed by atoms with van der Waals surface area (Å²) in [6.45, 7) is 2.51. The molecule has 1 rings (SSSR count). The van der Waals surface area contributed by atoms with Crippen molar-refractivity contribution in [3.63, 3.8) is 0 Å². The number of carboxylic acid groups (broad SMARTS) is 1. The molecule has 0 bridgehead atoms. The number of ether oxygens (including phenoxy) is 1. The van der Waals surface area contributed by atoms with Gasteiger partial charge >= 0.3 is 11.9 Å². The molecule has 0 aromatic heterocycles. The molecule has 1 aliphatic rings. The molecule has 3 N–H and O–H groups in total. The Labute approximate surface area is 125 Å². The average molecular weight is 295 g/mol. The third kappa shape index (κ3) is 7.09. The van der Waals surface area contributed by atoms with E-state index in [1.54, 1.807) is 0 Å². The normalized spacial score (nSPS) is 15.3. The fraction of sp³-hybridized carbons (Fsp3) is 0.625. The van der Waals surface area contributed by atoms with Crippen LogP contribution in [0.25, 0.3) is 0 Å². The summed E-state index contributed by atoms with van der Waals surface area (Å²) in [4.78, 5) is 22.0.